The van der Waals surface area contributed by atoms with Gasteiger partial charge in [0.1, 0.15) is 5.82 Å². The third-order valence-electron chi connectivity index (χ3n) is 3.50. The molecule has 0 saturated heterocycles. The Balaban J connectivity index is 2.32. The SMILES string of the molecule is CC(C)N(CC1CC1)C(=O)c1cc(F)c([N+](=O)[O-])cc1F. The highest BCUT2D eigenvalue weighted by Crippen LogP contribution is 2.31. The molecular weight excluding hydrogens is 282 g/mol. The molecule has 0 heterocycles. The molecule has 0 aliphatic heterocycles. The first-order valence-corrected chi connectivity index (χ1v) is 6.75. The minimum atomic E-state index is -1.21. The van der Waals surface area contributed by atoms with Crippen LogP contribution in [-0.4, -0.2) is 28.3 Å². The Kier molecular flexibility index (Phi) is 4.20. The van der Waals surface area contributed by atoms with Crippen molar-refractivity contribution in [1.29, 1.82) is 0 Å². The number of benzene rings is 1. The van der Waals surface area contributed by atoms with Gasteiger partial charge in [0.15, 0.2) is 0 Å². The smallest absolute Gasteiger partial charge is 0.307 e. The molecule has 1 amide bonds. The van der Waals surface area contributed by atoms with Gasteiger partial charge < -0.3 is 4.90 Å². The number of halogens is 2. The van der Waals surface area contributed by atoms with Crippen LogP contribution in [0.5, 0.6) is 0 Å². The predicted octanol–water partition coefficient (Wildman–Crippen LogP) is 3.13. The maximum atomic E-state index is 13.9. The maximum absolute atomic E-state index is 13.9. The molecule has 0 aromatic heterocycles. The fourth-order valence-electron chi connectivity index (χ4n) is 2.10. The van der Waals surface area contributed by atoms with Crippen molar-refractivity contribution in [1.82, 2.24) is 4.90 Å². The molecule has 21 heavy (non-hydrogen) atoms. The van der Waals surface area contributed by atoms with Gasteiger partial charge in [-0.15, -0.1) is 0 Å². The van der Waals surface area contributed by atoms with E-state index in [2.05, 4.69) is 0 Å². The van der Waals surface area contributed by atoms with Crippen molar-refractivity contribution < 1.29 is 18.5 Å². The lowest BCUT2D eigenvalue weighted by atomic mass is 10.1. The van der Waals surface area contributed by atoms with Crippen molar-refractivity contribution in [2.75, 3.05) is 6.54 Å². The zero-order valence-corrected chi connectivity index (χ0v) is 11.8. The van der Waals surface area contributed by atoms with Crippen LogP contribution in [-0.2, 0) is 0 Å². The Hall–Kier alpha value is -2.05. The van der Waals surface area contributed by atoms with Crippen LogP contribution in [0.2, 0.25) is 0 Å². The third-order valence-corrected chi connectivity index (χ3v) is 3.50. The lowest BCUT2D eigenvalue weighted by molar-refractivity contribution is -0.387. The van der Waals surface area contributed by atoms with Crippen LogP contribution < -0.4 is 0 Å². The first-order chi connectivity index (χ1) is 9.81. The number of carbonyl (C=O) groups excluding carboxylic acids is 1. The van der Waals surface area contributed by atoms with E-state index >= 15 is 0 Å². The molecule has 0 bridgehead atoms. The van der Waals surface area contributed by atoms with Crippen LogP contribution in [0.1, 0.15) is 37.0 Å². The zero-order valence-electron chi connectivity index (χ0n) is 11.8. The largest absolute Gasteiger partial charge is 0.336 e. The Morgan fingerprint density at radius 2 is 2.00 bits per heavy atom. The monoisotopic (exact) mass is 298 g/mol. The Morgan fingerprint density at radius 1 is 1.38 bits per heavy atom. The van der Waals surface area contributed by atoms with Crippen LogP contribution in [0, 0.1) is 27.7 Å². The van der Waals surface area contributed by atoms with Crippen molar-refractivity contribution >= 4 is 11.6 Å². The molecule has 0 N–H and O–H groups in total. The van der Waals surface area contributed by atoms with Crippen LogP contribution >= 0.6 is 0 Å². The number of amides is 1. The summed E-state index contributed by atoms with van der Waals surface area (Å²) < 4.78 is 27.5. The quantitative estimate of drug-likeness (QED) is 0.619. The highest BCUT2D eigenvalue weighted by molar-refractivity contribution is 5.95. The summed E-state index contributed by atoms with van der Waals surface area (Å²) in [4.78, 5) is 23.4. The molecule has 0 unspecified atom stereocenters. The minimum absolute atomic E-state index is 0.157. The molecule has 5 nitrogen and oxygen atoms in total. The van der Waals surface area contributed by atoms with Crippen molar-refractivity contribution in [2.45, 2.75) is 32.7 Å². The molecule has 114 valence electrons. The summed E-state index contributed by atoms with van der Waals surface area (Å²) >= 11 is 0. The summed E-state index contributed by atoms with van der Waals surface area (Å²) in [6.07, 6.45) is 2.04. The third kappa shape index (κ3) is 3.34. The Bertz CT molecular complexity index is 586. The first-order valence-electron chi connectivity index (χ1n) is 6.75. The van der Waals surface area contributed by atoms with Crippen molar-refractivity contribution in [3.63, 3.8) is 0 Å². The molecule has 0 radical (unpaired) electrons. The van der Waals surface area contributed by atoms with E-state index < -0.39 is 33.7 Å². The zero-order chi connectivity index (χ0) is 15.7. The second-order valence-corrected chi connectivity index (χ2v) is 5.54. The predicted molar refractivity (Wildman–Crippen MR) is 71.9 cm³/mol. The van der Waals surface area contributed by atoms with Crippen molar-refractivity contribution in [2.24, 2.45) is 5.92 Å². The van der Waals surface area contributed by atoms with E-state index in [1.807, 2.05) is 0 Å². The van der Waals surface area contributed by atoms with Gasteiger partial charge in [0, 0.05) is 12.6 Å². The fourth-order valence-corrected chi connectivity index (χ4v) is 2.10. The van der Waals surface area contributed by atoms with E-state index in [1.165, 1.54) is 4.90 Å². The number of carbonyl (C=O) groups is 1. The molecule has 1 fully saturated rings. The molecule has 1 aromatic carbocycles. The molecule has 2 rings (SSSR count). The number of nitro benzene ring substituents is 1. The van der Waals surface area contributed by atoms with Gasteiger partial charge in [0.25, 0.3) is 5.91 Å². The van der Waals surface area contributed by atoms with Gasteiger partial charge in [-0.25, -0.2) is 4.39 Å². The standard InChI is InChI=1S/C14H16F2N2O3/c1-8(2)17(7-9-3-4-9)14(19)10-5-12(16)13(18(20)21)6-11(10)15/h5-6,8-9H,3-4,7H2,1-2H3. The van der Waals surface area contributed by atoms with E-state index in [1.54, 1.807) is 13.8 Å². The molecule has 0 spiro atoms. The van der Waals surface area contributed by atoms with Gasteiger partial charge in [-0.05, 0) is 38.7 Å². The molecule has 1 aromatic rings. The molecule has 1 saturated carbocycles. The molecule has 7 heteroatoms. The van der Waals surface area contributed by atoms with E-state index in [0.717, 1.165) is 12.8 Å². The summed E-state index contributed by atoms with van der Waals surface area (Å²) in [5.41, 5.74) is -1.44. The molecule has 0 atom stereocenters. The molecule has 1 aliphatic rings. The number of nitrogens with zero attached hydrogens (tertiary/aromatic N) is 2. The van der Waals surface area contributed by atoms with Crippen LogP contribution in [0.25, 0.3) is 0 Å². The van der Waals surface area contributed by atoms with Gasteiger partial charge >= 0.3 is 5.69 Å². The van der Waals surface area contributed by atoms with Gasteiger partial charge in [-0.1, -0.05) is 0 Å². The average molecular weight is 298 g/mol. The van der Waals surface area contributed by atoms with Gasteiger partial charge in [0.05, 0.1) is 16.6 Å². The van der Waals surface area contributed by atoms with E-state index in [9.17, 15) is 23.7 Å². The summed E-state index contributed by atoms with van der Waals surface area (Å²) in [5.74, 6) is -2.51. The summed E-state index contributed by atoms with van der Waals surface area (Å²) in [7, 11) is 0. The first kappa shape index (κ1) is 15.3. The average Bonchev–Trinajstić information content (AvgIpc) is 3.20. The highest BCUT2D eigenvalue weighted by Gasteiger charge is 2.31. The van der Waals surface area contributed by atoms with E-state index in [4.69, 9.17) is 0 Å². The lowest BCUT2D eigenvalue weighted by Crippen LogP contribution is -2.39. The van der Waals surface area contributed by atoms with Crippen molar-refractivity contribution in [3.05, 3.63) is 39.4 Å². The molecule has 1 aliphatic carbocycles. The van der Waals surface area contributed by atoms with E-state index in [0.29, 0.717) is 24.6 Å². The van der Waals surface area contributed by atoms with Gasteiger partial charge in [-0.2, -0.15) is 4.39 Å². The summed E-state index contributed by atoms with van der Waals surface area (Å²) in [6, 6.07) is 0.909. The Labute approximate surface area is 120 Å². The fraction of sp³-hybridized carbons (Fsp3) is 0.500. The number of nitro groups is 1. The second kappa shape index (κ2) is 5.75. The maximum Gasteiger partial charge on any atom is 0.307 e. The normalized spacial score (nSPS) is 14.3. The van der Waals surface area contributed by atoms with Gasteiger partial charge in [-0.3, -0.25) is 14.9 Å². The van der Waals surface area contributed by atoms with Crippen LogP contribution in [0.4, 0.5) is 14.5 Å². The van der Waals surface area contributed by atoms with Gasteiger partial charge in [0.2, 0.25) is 5.82 Å². The summed E-state index contributed by atoms with van der Waals surface area (Å²) in [5, 5.41) is 10.6. The highest BCUT2D eigenvalue weighted by atomic mass is 19.1. The van der Waals surface area contributed by atoms with E-state index in [-0.39, 0.29) is 6.04 Å². The Morgan fingerprint density at radius 3 is 2.48 bits per heavy atom. The number of rotatable bonds is 5. The van der Waals surface area contributed by atoms with Crippen LogP contribution in [0.3, 0.4) is 0 Å². The van der Waals surface area contributed by atoms with Crippen molar-refractivity contribution in [3.8, 4) is 0 Å². The number of hydrogen-bond acceptors (Lipinski definition) is 3. The number of hydrogen-bond donors (Lipinski definition) is 0. The van der Waals surface area contributed by atoms with Crippen LogP contribution in [0.15, 0.2) is 12.1 Å². The second-order valence-electron chi connectivity index (χ2n) is 5.54. The lowest BCUT2D eigenvalue weighted by Gasteiger charge is -2.27. The minimum Gasteiger partial charge on any atom is -0.336 e. The topological polar surface area (TPSA) is 63.5 Å². The molecular formula is C14H16F2N2O3. The summed E-state index contributed by atoms with van der Waals surface area (Å²) in [6.45, 7) is 4.08.